The molecule has 0 aromatic carbocycles. The second-order valence-electron chi connectivity index (χ2n) is 2.57. The van der Waals surface area contributed by atoms with Crippen molar-refractivity contribution in [3.8, 4) is 0 Å². The fourth-order valence-corrected chi connectivity index (χ4v) is 2.08. The predicted molar refractivity (Wildman–Crippen MR) is 49.0 cm³/mol. The smallest absolute Gasteiger partial charge is 0.218 e. The molecule has 1 aromatic heterocycles. The van der Waals surface area contributed by atoms with E-state index in [0.29, 0.717) is 6.54 Å². The molecule has 0 aliphatic carbocycles. The van der Waals surface area contributed by atoms with Gasteiger partial charge in [0.25, 0.3) is 0 Å². The van der Waals surface area contributed by atoms with Crippen LogP contribution in [0, 0.1) is 20.4 Å². The highest BCUT2D eigenvalue weighted by Crippen LogP contribution is 2.20. The zero-order chi connectivity index (χ0) is 8.27. The summed E-state index contributed by atoms with van der Waals surface area (Å²) in [5, 5.41) is 0. The SMILES string of the molecule is [C-]#[N+]CCc1cc(C)sc1C. The Bertz CT molecular complexity index is 280. The molecule has 0 saturated carbocycles. The molecule has 0 amide bonds. The van der Waals surface area contributed by atoms with Gasteiger partial charge in [-0.05, 0) is 25.5 Å². The Hall–Kier alpha value is -0.810. The molecule has 0 spiro atoms. The normalized spacial score (nSPS) is 9.55. The lowest BCUT2D eigenvalue weighted by molar-refractivity contribution is 1.07. The van der Waals surface area contributed by atoms with Gasteiger partial charge >= 0.3 is 0 Å². The second kappa shape index (κ2) is 3.54. The summed E-state index contributed by atoms with van der Waals surface area (Å²) in [6, 6.07) is 2.19. The molecule has 1 aromatic rings. The maximum Gasteiger partial charge on any atom is 0.218 e. The zero-order valence-electron chi connectivity index (χ0n) is 6.85. The van der Waals surface area contributed by atoms with Gasteiger partial charge < -0.3 is 4.85 Å². The van der Waals surface area contributed by atoms with Crippen molar-refractivity contribution < 1.29 is 0 Å². The summed E-state index contributed by atoms with van der Waals surface area (Å²) < 4.78 is 0. The fourth-order valence-electron chi connectivity index (χ4n) is 1.11. The van der Waals surface area contributed by atoms with Gasteiger partial charge in [-0.2, -0.15) is 0 Å². The van der Waals surface area contributed by atoms with Crippen molar-refractivity contribution in [2.75, 3.05) is 6.54 Å². The van der Waals surface area contributed by atoms with Crippen LogP contribution in [-0.4, -0.2) is 6.54 Å². The lowest BCUT2D eigenvalue weighted by atomic mass is 10.2. The summed E-state index contributed by atoms with van der Waals surface area (Å²) in [4.78, 5) is 6.05. The first-order valence-electron chi connectivity index (χ1n) is 3.63. The van der Waals surface area contributed by atoms with E-state index in [9.17, 15) is 0 Å². The van der Waals surface area contributed by atoms with E-state index in [-0.39, 0.29) is 0 Å². The third-order valence-corrected chi connectivity index (χ3v) is 2.64. The van der Waals surface area contributed by atoms with Gasteiger partial charge in [-0.3, -0.25) is 0 Å². The molecule has 0 aliphatic heterocycles. The minimum atomic E-state index is 0.622. The predicted octanol–water partition coefficient (Wildman–Crippen LogP) is 2.83. The van der Waals surface area contributed by atoms with Gasteiger partial charge in [0.2, 0.25) is 6.54 Å². The van der Waals surface area contributed by atoms with Crippen LogP contribution in [0.4, 0.5) is 0 Å². The Labute approximate surface area is 71.5 Å². The second-order valence-corrected chi connectivity index (χ2v) is 4.03. The highest BCUT2D eigenvalue weighted by Gasteiger charge is 2.02. The first-order valence-corrected chi connectivity index (χ1v) is 4.45. The quantitative estimate of drug-likeness (QED) is 0.593. The average molecular weight is 165 g/mol. The first kappa shape index (κ1) is 8.29. The standard InChI is InChI=1S/C9H11NS/c1-7-6-9(4-5-10-3)8(2)11-7/h6H,4-5H2,1-2H3. The van der Waals surface area contributed by atoms with Crippen molar-refractivity contribution in [1.82, 2.24) is 0 Å². The number of hydrogen-bond donors (Lipinski definition) is 0. The van der Waals surface area contributed by atoms with Gasteiger partial charge in [-0.15, -0.1) is 11.3 Å². The molecule has 0 aliphatic rings. The fraction of sp³-hybridized carbons (Fsp3) is 0.444. The van der Waals surface area contributed by atoms with Gasteiger partial charge in [0.15, 0.2) is 0 Å². The molecule has 1 rings (SSSR count). The van der Waals surface area contributed by atoms with Crippen LogP contribution in [0.15, 0.2) is 6.07 Å². The van der Waals surface area contributed by atoms with Crippen LogP contribution >= 0.6 is 11.3 Å². The summed E-state index contributed by atoms with van der Waals surface area (Å²) in [6.45, 7) is 11.5. The molecule has 2 heteroatoms. The summed E-state index contributed by atoms with van der Waals surface area (Å²) in [6.07, 6.45) is 0.916. The molecule has 0 N–H and O–H groups in total. The molecule has 0 bridgehead atoms. The van der Waals surface area contributed by atoms with Crippen molar-refractivity contribution in [3.05, 3.63) is 32.8 Å². The Morgan fingerprint density at radius 3 is 2.73 bits per heavy atom. The van der Waals surface area contributed by atoms with Gasteiger partial charge in [-0.1, -0.05) is 0 Å². The molecule has 11 heavy (non-hydrogen) atoms. The van der Waals surface area contributed by atoms with E-state index in [1.54, 1.807) is 0 Å². The Morgan fingerprint density at radius 1 is 1.55 bits per heavy atom. The Balaban J connectivity index is 2.71. The van der Waals surface area contributed by atoms with Crippen molar-refractivity contribution >= 4 is 11.3 Å². The monoisotopic (exact) mass is 165 g/mol. The van der Waals surface area contributed by atoms with E-state index in [2.05, 4.69) is 24.8 Å². The van der Waals surface area contributed by atoms with Gasteiger partial charge in [0.1, 0.15) is 0 Å². The Kier molecular flexibility index (Phi) is 2.67. The van der Waals surface area contributed by atoms with Crippen LogP contribution in [0.25, 0.3) is 4.85 Å². The van der Waals surface area contributed by atoms with E-state index in [0.717, 1.165) is 6.42 Å². The van der Waals surface area contributed by atoms with Crippen LogP contribution in [0.2, 0.25) is 0 Å². The number of rotatable bonds is 2. The van der Waals surface area contributed by atoms with Crippen LogP contribution < -0.4 is 0 Å². The number of aryl methyl sites for hydroxylation is 2. The lowest BCUT2D eigenvalue weighted by Gasteiger charge is -1.89. The topological polar surface area (TPSA) is 4.36 Å². The molecule has 1 nitrogen and oxygen atoms in total. The molecule has 1 heterocycles. The number of nitrogens with zero attached hydrogens (tertiary/aromatic N) is 1. The average Bonchev–Trinajstić information content (AvgIpc) is 2.26. The van der Waals surface area contributed by atoms with Crippen LogP contribution in [0.1, 0.15) is 15.3 Å². The maximum absolute atomic E-state index is 6.66. The minimum absolute atomic E-state index is 0.622. The highest BCUT2D eigenvalue weighted by molar-refractivity contribution is 7.12. The molecule has 0 fully saturated rings. The van der Waals surface area contributed by atoms with Gasteiger partial charge in [0.05, 0.1) is 0 Å². The summed E-state index contributed by atoms with van der Waals surface area (Å²) >= 11 is 1.82. The molecule has 0 saturated heterocycles. The molecular formula is C9H11NS. The molecule has 58 valence electrons. The third-order valence-electron chi connectivity index (χ3n) is 1.64. The van der Waals surface area contributed by atoms with Crippen LogP contribution in [-0.2, 0) is 6.42 Å². The summed E-state index contributed by atoms with van der Waals surface area (Å²) in [7, 11) is 0. The van der Waals surface area contributed by atoms with E-state index in [1.165, 1.54) is 15.3 Å². The van der Waals surface area contributed by atoms with E-state index in [1.807, 2.05) is 11.3 Å². The summed E-state index contributed by atoms with van der Waals surface area (Å²) in [5.41, 5.74) is 1.35. The highest BCUT2D eigenvalue weighted by atomic mass is 32.1. The first-order chi connectivity index (χ1) is 5.24. The van der Waals surface area contributed by atoms with E-state index >= 15 is 0 Å². The van der Waals surface area contributed by atoms with Crippen molar-refractivity contribution in [2.45, 2.75) is 20.3 Å². The molecule has 0 unspecified atom stereocenters. The van der Waals surface area contributed by atoms with Gasteiger partial charge in [0, 0.05) is 16.2 Å². The Morgan fingerprint density at radius 2 is 2.27 bits per heavy atom. The van der Waals surface area contributed by atoms with Crippen molar-refractivity contribution in [2.24, 2.45) is 0 Å². The molecular weight excluding hydrogens is 154 g/mol. The van der Waals surface area contributed by atoms with Crippen LogP contribution in [0.5, 0.6) is 0 Å². The number of hydrogen-bond acceptors (Lipinski definition) is 1. The van der Waals surface area contributed by atoms with E-state index in [4.69, 9.17) is 6.57 Å². The van der Waals surface area contributed by atoms with Crippen LogP contribution in [0.3, 0.4) is 0 Å². The third kappa shape index (κ3) is 2.06. The molecule has 0 atom stereocenters. The minimum Gasteiger partial charge on any atom is -0.317 e. The zero-order valence-corrected chi connectivity index (χ0v) is 7.66. The van der Waals surface area contributed by atoms with Crippen molar-refractivity contribution in [3.63, 3.8) is 0 Å². The van der Waals surface area contributed by atoms with Crippen molar-refractivity contribution in [1.29, 1.82) is 0 Å². The van der Waals surface area contributed by atoms with E-state index < -0.39 is 0 Å². The summed E-state index contributed by atoms with van der Waals surface area (Å²) in [5.74, 6) is 0. The van der Waals surface area contributed by atoms with Gasteiger partial charge in [-0.25, -0.2) is 6.57 Å². The lowest BCUT2D eigenvalue weighted by Crippen LogP contribution is -1.85. The maximum atomic E-state index is 6.66. The number of thiophene rings is 1. The molecule has 0 radical (unpaired) electrons. The largest absolute Gasteiger partial charge is 0.317 e.